The summed E-state index contributed by atoms with van der Waals surface area (Å²) in [6, 6.07) is 0. The molecule has 1 aliphatic heterocycles. The lowest BCUT2D eigenvalue weighted by molar-refractivity contribution is 0.0780. The molecule has 3 rings (SSSR count). The van der Waals surface area contributed by atoms with E-state index in [9.17, 15) is 13.2 Å². The summed E-state index contributed by atoms with van der Waals surface area (Å²) in [4.78, 5) is 14.4. The molecule has 4 nitrogen and oxygen atoms in total. The molecule has 2 aliphatic rings. The number of carbonyl (C=O) groups excluding carboxylic acids is 1. The fourth-order valence-corrected chi connectivity index (χ4v) is 5.97. The van der Waals surface area contributed by atoms with Gasteiger partial charge in [0, 0.05) is 29.2 Å². The molecule has 1 aromatic rings. The number of hydrogen-bond acceptors (Lipinski definition) is 4. The molecule has 1 saturated heterocycles. The van der Waals surface area contributed by atoms with E-state index in [4.69, 9.17) is 10.7 Å². The van der Waals surface area contributed by atoms with Crippen LogP contribution in [0.3, 0.4) is 0 Å². The standard InChI is InChI=1S/C13H16ClNO3S2/c1-8-11(7-19-13(8)20(14,17)18)12(16)15-5-9-3-2-4-10(9)6-15/h7,9-10H,2-6H2,1H3. The minimum Gasteiger partial charge on any atom is -0.338 e. The summed E-state index contributed by atoms with van der Waals surface area (Å²) in [5, 5.41) is 1.61. The topological polar surface area (TPSA) is 54.5 Å². The molecular weight excluding hydrogens is 318 g/mol. The van der Waals surface area contributed by atoms with Gasteiger partial charge in [-0.05, 0) is 37.2 Å². The van der Waals surface area contributed by atoms with Gasteiger partial charge in [-0.2, -0.15) is 0 Å². The largest absolute Gasteiger partial charge is 0.338 e. The van der Waals surface area contributed by atoms with Crippen molar-refractivity contribution in [3.05, 3.63) is 16.5 Å². The lowest BCUT2D eigenvalue weighted by Gasteiger charge is -2.17. The Kier molecular flexibility index (Phi) is 3.59. The van der Waals surface area contributed by atoms with Gasteiger partial charge in [0.2, 0.25) is 0 Å². The number of thiophene rings is 1. The summed E-state index contributed by atoms with van der Waals surface area (Å²) in [6.07, 6.45) is 3.68. The molecule has 2 atom stereocenters. The van der Waals surface area contributed by atoms with Crippen molar-refractivity contribution in [3.63, 3.8) is 0 Å². The average molecular weight is 334 g/mol. The van der Waals surface area contributed by atoms with Gasteiger partial charge in [-0.1, -0.05) is 6.42 Å². The third kappa shape index (κ3) is 2.38. The monoisotopic (exact) mass is 333 g/mol. The summed E-state index contributed by atoms with van der Waals surface area (Å²) in [7, 11) is 1.61. The molecule has 0 bridgehead atoms. The zero-order chi connectivity index (χ0) is 14.5. The Hall–Kier alpha value is -0.590. The maximum atomic E-state index is 12.5. The third-order valence-electron chi connectivity index (χ3n) is 4.46. The van der Waals surface area contributed by atoms with Crippen LogP contribution in [0.15, 0.2) is 9.59 Å². The van der Waals surface area contributed by atoms with E-state index in [1.807, 2.05) is 4.90 Å². The summed E-state index contributed by atoms with van der Waals surface area (Å²) in [6.45, 7) is 3.26. The maximum absolute atomic E-state index is 12.5. The van der Waals surface area contributed by atoms with Gasteiger partial charge < -0.3 is 4.90 Å². The van der Waals surface area contributed by atoms with Crippen molar-refractivity contribution in [1.82, 2.24) is 4.90 Å². The Bertz CT molecular complexity index is 641. The van der Waals surface area contributed by atoms with Crippen molar-refractivity contribution >= 4 is 37.0 Å². The molecule has 7 heteroatoms. The van der Waals surface area contributed by atoms with Gasteiger partial charge >= 0.3 is 0 Å². The zero-order valence-electron chi connectivity index (χ0n) is 11.1. The van der Waals surface area contributed by atoms with E-state index < -0.39 is 9.05 Å². The van der Waals surface area contributed by atoms with E-state index in [0.717, 1.165) is 24.4 Å². The molecule has 1 aliphatic carbocycles. The Morgan fingerprint density at radius 2 is 1.95 bits per heavy atom. The third-order valence-corrected chi connectivity index (χ3v) is 7.77. The molecule has 110 valence electrons. The van der Waals surface area contributed by atoms with Crippen LogP contribution in [0.2, 0.25) is 0 Å². The van der Waals surface area contributed by atoms with Gasteiger partial charge in [0.1, 0.15) is 4.21 Å². The molecule has 0 aromatic carbocycles. The second kappa shape index (κ2) is 5.00. The maximum Gasteiger partial charge on any atom is 0.271 e. The first-order valence-electron chi connectivity index (χ1n) is 6.70. The molecule has 1 aromatic heterocycles. The highest BCUT2D eigenvalue weighted by atomic mass is 35.7. The van der Waals surface area contributed by atoms with Crippen molar-refractivity contribution in [2.24, 2.45) is 11.8 Å². The van der Waals surface area contributed by atoms with Gasteiger partial charge in [0.05, 0.1) is 5.56 Å². The van der Waals surface area contributed by atoms with Crippen molar-refractivity contribution in [1.29, 1.82) is 0 Å². The molecule has 0 N–H and O–H groups in total. The number of fused-ring (bicyclic) bond motifs is 1. The van der Waals surface area contributed by atoms with Gasteiger partial charge in [0.25, 0.3) is 15.0 Å². The number of amides is 1. The number of halogens is 1. The highest BCUT2D eigenvalue weighted by molar-refractivity contribution is 8.15. The number of carbonyl (C=O) groups is 1. The van der Waals surface area contributed by atoms with E-state index >= 15 is 0 Å². The van der Waals surface area contributed by atoms with Crippen LogP contribution in [0.25, 0.3) is 0 Å². The van der Waals surface area contributed by atoms with Crippen LogP contribution in [0.4, 0.5) is 0 Å². The molecule has 1 saturated carbocycles. The quantitative estimate of drug-likeness (QED) is 0.782. The second-order valence-corrected chi connectivity index (χ2v) is 9.30. The summed E-state index contributed by atoms with van der Waals surface area (Å²) < 4.78 is 22.9. The van der Waals surface area contributed by atoms with E-state index in [-0.39, 0.29) is 10.1 Å². The predicted molar refractivity (Wildman–Crippen MR) is 78.8 cm³/mol. The van der Waals surface area contributed by atoms with E-state index in [1.54, 1.807) is 12.3 Å². The molecule has 20 heavy (non-hydrogen) atoms. The van der Waals surface area contributed by atoms with Crippen molar-refractivity contribution < 1.29 is 13.2 Å². The number of nitrogens with zero attached hydrogens (tertiary/aromatic N) is 1. The van der Waals surface area contributed by atoms with Gasteiger partial charge in [-0.25, -0.2) is 8.42 Å². The van der Waals surface area contributed by atoms with Crippen LogP contribution in [0.5, 0.6) is 0 Å². The smallest absolute Gasteiger partial charge is 0.271 e. The van der Waals surface area contributed by atoms with Crippen molar-refractivity contribution in [2.45, 2.75) is 30.4 Å². The first kappa shape index (κ1) is 14.4. The van der Waals surface area contributed by atoms with Gasteiger partial charge in [-0.15, -0.1) is 11.3 Å². The lowest BCUT2D eigenvalue weighted by Crippen LogP contribution is -2.29. The molecule has 1 amide bonds. The van der Waals surface area contributed by atoms with E-state index in [0.29, 0.717) is 23.0 Å². The normalized spacial score (nSPS) is 26.0. The van der Waals surface area contributed by atoms with E-state index in [1.165, 1.54) is 19.3 Å². The first-order valence-corrected chi connectivity index (χ1v) is 9.89. The fraction of sp³-hybridized carbons (Fsp3) is 0.615. The highest BCUT2D eigenvalue weighted by Crippen LogP contribution is 2.39. The van der Waals surface area contributed by atoms with Crippen LogP contribution < -0.4 is 0 Å². The van der Waals surface area contributed by atoms with Crippen molar-refractivity contribution in [3.8, 4) is 0 Å². The van der Waals surface area contributed by atoms with Crippen LogP contribution in [0, 0.1) is 18.8 Å². The second-order valence-electron chi connectivity index (χ2n) is 5.66. The predicted octanol–water partition coefficient (Wildman–Crippen LogP) is 2.86. The molecule has 0 spiro atoms. The molecular formula is C13H16ClNO3S2. The average Bonchev–Trinajstić information content (AvgIpc) is 2.98. The Labute approximate surface area is 127 Å². The number of hydrogen-bond donors (Lipinski definition) is 0. The van der Waals surface area contributed by atoms with Crippen LogP contribution in [-0.2, 0) is 9.05 Å². The Morgan fingerprint density at radius 1 is 1.35 bits per heavy atom. The molecule has 0 radical (unpaired) electrons. The van der Waals surface area contributed by atoms with Crippen LogP contribution in [0.1, 0.15) is 35.2 Å². The van der Waals surface area contributed by atoms with Crippen molar-refractivity contribution in [2.75, 3.05) is 13.1 Å². The summed E-state index contributed by atoms with van der Waals surface area (Å²) in [5.74, 6) is 1.21. The minimum atomic E-state index is -3.76. The number of likely N-dealkylation sites (tertiary alicyclic amines) is 1. The molecule has 2 fully saturated rings. The first-order chi connectivity index (χ1) is 9.38. The minimum absolute atomic E-state index is 0.0558. The molecule has 2 heterocycles. The summed E-state index contributed by atoms with van der Waals surface area (Å²) >= 11 is 1.02. The van der Waals surface area contributed by atoms with Crippen LogP contribution in [-0.4, -0.2) is 32.3 Å². The highest BCUT2D eigenvalue weighted by Gasteiger charge is 2.39. The SMILES string of the molecule is Cc1c(C(=O)N2CC3CCCC3C2)csc1S(=O)(=O)Cl. The van der Waals surface area contributed by atoms with Gasteiger partial charge in [0.15, 0.2) is 0 Å². The Balaban J connectivity index is 1.84. The number of rotatable bonds is 2. The lowest BCUT2D eigenvalue weighted by atomic mass is 10.0. The Morgan fingerprint density at radius 3 is 2.45 bits per heavy atom. The zero-order valence-corrected chi connectivity index (χ0v) is 13.5. The summed E-state index contributed by atoms with van der Waals surface area (Å²) in [5.41, 5.74) is 0.959. The fourth-order valence-electron chi connectivity index (χ4n) is 3.42. The van der Waals surface area contributed by atoms with Crippen LogP contribution >= 0.6 is 22.0 Å². The van der Waals surface area contributed by atoms with Gasteiger partial charge in [-0.3, -0.25) is 4.79 Å². The van der Waals surface area contributed by atoms with E-state index in [2.05, 4.69) is 0 Å². The molecule has 2 unspecified atom stereocenters.